The first-order chi connectivity index (χ1) is 56.4. The van der Waals surface area contributed by atoms with Crippen LogP contribution in [-0.4, -0.2) is 276 Å². The molecule has 5 amide bonds. The summed E-state index contributed by atoms with van der Waals surface area (Å²) in [7, 11) is -8.05. The van der Waals surface area contributed by atoms with E-state index in [9.17, 15) is 44.4 Å². The van der Waals surface area contributed by atoms with Gasteiger partial charge in [0, 0.05) is 216 Å². The number of carbonyl (C=O) groups is 4. The Kier molecular flexibility index (Phi) is 24.7. The van der Waals surface area contributed by atoms with Crippen LogP contribution in [0.3, 0.4) is 0 Å². The zero-order valence-electron chi connectivity index (χ0n) is 67.9. The summed E-state index contributed by atoms with van der Waals surface area (Å²) in [5.41, 5.74) is 9.10. The molecule has 0 radical (unpaired) electrons. The number of imide groups is 1. The summed E-state index contributed by atoms with van der Waals surface area (Å²) in [6.45, 7) is 21.3. The average molecular weight is 1770 g/mol. The molecule has 7 fully saturated rings. The lowest BCUT2D eigenvalue weighted by atomic mass is 9.87. The maximum atomic E-state index is 12.6. The molecule has 7 N–H and O–H groups in total. The molecule has 11 aromatic rings. The first-order valence-corrected chi connectivity index (χ1v) is 46.6. The fraction of sp³-hybridized carbons (Fsp3) is 0.462. The van der Waals surface area contributed by atoms with Crippen molar-refractivity contribution in [3.8, 4) is 0 Å². The third kappa shape index (κ3) is 18.4. The number of rotatable bonds is 12. The van der Waals surface area contributed by atoms with Gasteiger partial charge in [0.15, 0.2) is 0 Å². The summed E-state index contributed by atoms with van der Waals surface area (Å²) < 4.78 is 82.7. The lowest BCUT2D eigenvalue weighted by Crippen LogP contribution is -2.66. The first-order valence-electron chi connectivity index (χ1n) is 39.0. The molecule has 34 nitrogen and oxygen atoms in total. The van der Waals surface area contributed by atoms with Crippen molar-refractivity contribution in [2.75, 3.05) is 159 Å². The van der Waals surface area contributed by atoms with Crippen molar-refractivity contribution >= 4 is 194 Å². The van der Waals surface area contributed by atoms with E-state index in [0.717, 1.165) is 114 Å². The Morgan fingerprint density at radius 3 is 1.37 bits per heavy atom. The van der Waals surface area contributed by atoms with E-state index in [1.165, 1.54) is 48.2 Å². The van der Waals surface area contributed by atoms with E-state index in [2.05, 4.69) is 96.5 Å². The minimum absolute atomic E-state index is 0.0583. The Morgan fingerprint density at radius 1 is 0.555 bits per heavy atom. The zero-order valence-corrected chi connectivity index (χ0v) is 73.4. The largest absolute Gasteiger partial charge is 0.378 e. The van der Waals surface area contributed by atoms with Crippen molar-refractivity contribution in [2.24, 2.45) is 0 Å². The molecule has 1 spiro atoms. The number of urea groups is 1. The first kappa shape index (κ1) is 85.9. The van der Waals surface area contributed by atoms with Gasteiger partial charge in [-0.3, -0.25) is 44.8 Å². The number of hydrogen-bond acceptors (Lipinski definition) is 23. The van der Waals surface area contributed by atoms with E-state index in [1.807, 2.05) is 108 Å². The maximum Gasteiger partial charge on any atom is 0.325 e. The highest BCUT2D eigenvalue weighted by molar-refractivity contribution is 7.89. The summed E-state index contributed by atoms with van der Waals surface area (Å²) in [4.78, 5) is 66.2. The molecule has 2 unspecified atom stereocenters. The van der Waals surface area contributed by atoms with Gasteiger partial charge in [0.25, 0.3) is 5.91 Å². The molecule has 119 heavy (non-hydrogen) atoms. The molecule has 41 heteroatoms. The highest BCUT2D eigenvalue weighted by atomic mass is 35.5. The average Bonchev–Trinajstić information content (AvgIpc) is 1.72. The van der Waals surface area contributed by atoms with E-state index in [0.29, 0.717) is 120 Å². The molecule has 2 bridgehead atoms. The van der Waals surface area contributed by atoms with Gasteiger partial charge in [-0.2, -0.15) is 38.4 Å². The number of morpholine rings is 1. The second-order valence-electron chi connectivity index (χ2n) is 32.3. The Balaban J connectivity index is 0.000000122. The molecular formula is C78H98Cl3N23O11S4. The third-order valence-electron chi connectivity index (χ3n) is 23.0. The normalized spacial score (nSPS) is 19.9. The smallest absolute Gasteiger partial charge is 0.325 e. The molecule has 7 saturated heterocycles. The summed E-state index contributed by atoms with van der Waals surface area (Å²) in [6, 6.07) is 18.4. The number of nitrogens with zero attached hydrogens (tertiary/aromatic N) is 16. The number of carbonyl (C=O) groups excluding carboxylic acids is 4. The number of thiazole rings is 1. The molecule has 0 saturated carbocycles. The van der Waals surface area contributed by atoms with Crippen LogP contribution in [0.25, 0.3) is 54.5 Å². The van der Waals surface area contributed by atoms with Gasteiger partial charge in [0.1, 0.15) is 5.54 Å². The number of hydrogen-bond donors (Lipinski definition) is 7. The molecule has 13 heterocycles. The quantitative estimate of drug-likeness (QED) is 0.0559. The monoisotopic (exact) mass is 1770 g/mol. The zero-order chi connectivity index (χ0) is 85.0. The number of anilines is 7. The van der Waals surface area contributed by atoms with Crippen LogP contribution < -0.4 is 40.0 Å². The molecule has 0 aliphatic carbocycles. The number of aromatic amines is 5. The van der Waals surface area contributed by atoms with E-state index >= 15 is 0 Å². The van der Waals surface area contributed by atoms with Gasteiger partial charge in [-0.05, 0) is 121 Å². The van der Waals surface area contributed by atoms with Crippen molar-refractivity contribution in [3.05, 3.63) is 123 Å². The number of H-pyrrole nitrogens is 5. The fourth-order valence-electron chi connectivity index (χ4n) is 17.5. The van der Waals surface area contributed by atoms with Gasteiger partial charge >= 0.3 is 6.03 Å². The molecule has 5 aromatic carbocycles. The third-order valence-corrected chi connectivity index (χ3v) is 28.9. The Labute approximate surface area is 708 Å². The molecule has 2 atom stereocenters. The summed E-state index contributed by atoms with van der Waals surface area (Å²) in [5, 5.41) is 51.4. The molecule has 7 aliphatic rings. The van der Waals surface area contributed by atoms with Crippen molar-refractivity contribution in [1.82, 2.24) is 79.1 Å². The van der Waals surface area contributed by atoms with Crippen LogP contribution >= 0.6 is 46.1 Å². The van der Waals surface area contributed by atoms with E-state index in [1.54, 1.807) is 61.0 Å². The standard InChI is InChI=1S/C17H25N5O3S.C16H18ClN5O2.C16H23N5O3S.C15H15ClN4S.C14H17ClN4O3S/c1-12(23)20(4)13-8-15-14(10-18-19-15)16(9-13)21-6-7-22(26(5,24)25)17(2,3)11-21;1-2-22-14(23)16(19-15(22)24)3-5-21(6-4-16)13-8-10(17)7-12-11(13)9-18-20-12;1-11(22)18-12-7-14-13(9-17-19-14)15(8-12)20-5-6-21(25(4,23)24)16(2,3)10-20;16-11-7-13-12(9-18-19-13)14(8-11)20-4-1-10(2-5-20)15-17-3-6-21-15;1-23(20,21)19-10-5-18(6-11(19)8-22-7-10)14-3-9(15)2-13-12(14)4-16-17-13/h8-10H,6-7,11H2,1-5H3,(H,18,19);7-9H,2-6H2,1H3,(H,18,20)(H,19,24);7-9H,5-6,10H2,1-4H3,(H,17,19)(H,18,22);3,6-10H,1-2,4-5H2,(H,18,19);2-4,10-11H,5-8H2,1H3,(H,16,17). The number of piperazine rings is 3. The van der Waals surface area contributed by atoms with Crippen LogP contribution in [0.5, 0.6) is 0 Å². The summed E-state index contributed by atoms with van der Waals surface area (Å²) in [6.07, 6.45) is 18.1. The predicted molar refractivity (Wildman–Crippen MR) is 468 cm³/mol. The van der Waals surface area contributed by atoms with Crippen molar-refractivity contribution in [2.45, 2.75) is 109 Å². The van der Waals surface area contributed by atoms with Crippen molar-refractivity contribution in [3.63, 3.8) is 0 Å². The molecular weight excluding hydrogens is 1670 g/mol. The van der Waals surface area contributed by atoms with E-state index in [4.69, 9.17) is 39.5 Å². The highest BCUT2D eigenvalue weighted by Crippen LogP contribution is 2.42. The summed E-state index contributed by atoms with van der Waals surface area (Å²) >= 11 is 20.4. The topological polar surface area (TPSA) is 393 Å². The number of likely N-dealkylation sites (N-methyl/N-ethyl adjacent to an activating group) is 1. The van der Waals surface area contributed by atoms with Gasteiger partial charge in [-0.25, -0.2) is 35.0 Å². The van der Waals surface area contributed by atoms with Crippen molar-refractivity contribution in [1.29, 1.82) is 0 Å². The highest BCUT2D eigenvalue weighted by Gasteiger charge is 2.52. The maximum absolute atomic E-state index is 12.6. The van der Waals surface area contributed by atoms with E-state index < -0.39 is 46.7 Å². The number of piperidine rings is 2. The molecule has 636 valence electrons. The molecule has 7 aliphatic heterocycles. The Hall–Kier alpha value is -9.48. The van der Waals surface area contributed by atoms with Crippen LogP contribution in [0.1, 0.15) is 85.1 Å². The van der Waals surface area contributed by atoms with Crippen LogP contribution in [0.4, 0.5) is 44.6 Å². The number of halogens is 3. The second-order valence-corrected chi connectivity index (χ2v) is 40.2. The fourth-order valence-corrected chi connectivity index (χ4v) is 23.1. The number of fused-ring (bicyclic) bond motifs is 7. The number of sulfonamides is 3. The second kappa shape index (κ2) is 34.2. The number of ether oxygens (including phenoxy) is 1. The lowest BCUT2D eigenvalue weighted by Gasteiger charge is -2.49. The Morgan fingerprint density at radius 2 is 0.975 bits per heavy atom. The number of amides is 5. The minimum Gasteiger partial charge on any atom is -0.378 e. The van der Waals surface area contributed by atoms with Crippen molar-refractivity contribution < 1.29 is 49.2 Å². The van der Waals surface area contributed by atoms with Gasteiger partial charge in [0.05, 0.1) is 108 Å². The number of aromatic nitrogens is 11. The van der Waals surface area contributed by atoms with Gasteiger partial charge in [-0.1, -0.05) is 34.8 Å². The Bertz CT molecular complexity index is 5950. The van der Waals surface area contributed by atoms with Gasteiger partial charge in [-0.15, -0.1) is 11.3 Å². The van der Waals surface area contributed by atoms with Crippen LogP contribution in [0.15, 0.2) is 103 Å². The number of nitrogens with one attached hydrogen (secondary N) is 7. The van der Waals surface area contributed by atoms with Crippen LogP contribution in [0, 0.1) is 0 Å². The van der Waals surface area contributed by atoms with Gasteiger partial charge < -0.3 is 44.8 Å². The van der Waals surface area contributed by atoms with Crippen LogP contribution in [0.2, 0.25) is 15.1 Å². The minimum atomic E-state index is -3.27. The van der Waals surface area contributed by atoms with Crippen LogP contribution in [-0.2, 0) is 49.2 Å². The number of benzene rings is 5. The SMILES string of the molecule is CC(=O)N(C)c1cc(N2CCN(S(C)(=O)=O)C(C)(C)C2)c2cn[nH]c2c1.CC(=O)Nc1cc(N2CCN(S(C)(=O)=O)C(C)(C)C2)c2cn[nH]c2c1.CCN1C(=O)NC2(CCN(c3cc(Cl)cc4[nH]ncc34)CC2)C1=O.CS(=O)(=O)N1C2COCC1CN(c1cc(Cl)cc3[nH]ncc13)C2.Clc1cc(N2CCC(c3nccs3)CC2)c2cn[nH]c2c1. The van der Waals surface area contributed by atoms with E-state index in [-0.39, 0.29) is 35.8 Å². The predicted octanol–water partition coefficient (Wildman–Crippen LogP) is 10.0. The molecule has 6 aromatic heterocycles. The molecule has 18 rings (SSSR count). The van der Waals surface area contributed by atoms with Gasteiger partial charge in [0.2, 0.25) is 41.9 Å². The summed E-state index contributed by atoms with van der Waals surface area (Å²) in [5.74, 6) is 0.290. The lowest BCUT2D eigenvalue weighted by molar-refractivity contribution is -0.131.